The van der Waals surface area contributed by atoms with E-state index in [4.69, 9.17) is 48.0 Å². The van der Waals surface area contributed by atoms with Gasteiger partial charge in [-0.15, -0.1) is 0 Å². The van der Waals surface area contributed by atoms with Gasteiger partial charge in [0.2, 0.25) is 0 Å². The second-order valence-corrected chi connectivity index (χ2v) is 28.4. The van der Waals surface area contributed by atoms with Crippen LogP contribution in [0.1, 0.15) is 399 Å². The molecule has 3 aromatic rings. The molecule has 569 valence electrons. The third kappa shape index (κ3) is 32.4. The van der Waals surface area contributed by atoms with Crippen LogP contribution in [0, 0.1) is 0 Å². The second-order valence-electron chi connectivity index (χ2n) is 28.4. The molecule has 0 aromatic carbocycles. The molecule has 2 aliphatic heterocycles. The van der Waals surface area contributed by atoms with E-state index in [1.54, 1.807) is 0 Å². The molecule has 99 heavy (non-hydrogen) atoms. The Kier molecular flexibility index (Phi) is 50.0. The van der Waals surface area contributed by atoms with Crippen molar-refractivity contribution < 1.29 is 55.1 Å². The molecular formula is C86H146CuN4O8. The SMILES string of the molecule is CCCCCCCCOC1=C(OCCCCCCCC)c2nc1c(OCCCCCCCC)c1ccc([nH]1)c(OCCCCCCCC)c1nc(c(OCCCCCCCC)c3c(OCCCCCCCC)c(OCCCCCCCC)c(c2CC)n3OCCCCCCCC)C=C1.[Cu]. The van der Waals surface area contributed by atoms with Crippen LogP contribution in [0.25, 0.3) is 45.7 Å². The van der Waals surface area contributed by atoms with Gasteiger partial charge in [-0.1, -0.05) is 313 Å². The van der Waals surface area contributed by atoms with Crippen molar-refractivity contribution in [1.29, 1.82) is 0 Å². The van der Waals surface area contributed by atoms with Gasteiger partial charge in [-0.25, -0.2) is 9.97 Å². The van der Waals surface area contributed by atoms with Crippen molar-refractivity contribution in [3.8, 4) is 28.7 Å². The van der Waals surface area contributed by atoms with Crippen molar-refractivity contribution >= 4 is 45.7 Å². The average Bonchev–Trinajstić information content (AvgIpc) is 1.58. The fourth-order valence-electron chi connectivity index (χ4n) is 13.4. The van der Waals surface area contributed by atoms with Crippen LogP contribution >= 0.6 is 0 Å². The Hall–Kier alpha value is -4.48. The van der Waals surface area contributed by atoms with Gasteiger partial charge in [0.1, 0.15) is 29.2 Å². The normalized spacial score (nSPS) is 12.0. The molecule has 5 rings (SSSR count). The summed E-state index contributed by atoms with van der Waals surface area (Å²) in [4.78, 5) is 23.1. The average molecular weight is 1430 g/mol. The van der Waals surface area contributed by atoms with Crippen LogP contribution in [0.3, 0.4) is 0 Å². The molecule has 0 amide bonds. The monoisotopic (exact) mass is 1430 g/mol. The van der Waals surface area contributed by atoms with E-state index in [1.807, 2.05) is 0 Å². The number of aryl methyl sites for hydroxylation is 1. The predicted octanol–water partition coefficient (Wildman–Crippen LogP) is 26.6. The van der Waals surface area contributed by atoms with Gasteiger partial charge in [0.05, 0.1) is 57.3 Å². The molecule has 2 aliphatic rings. The quantitative estimate of drug-likeness (QED) is 0.0338. The van der Waals surface area contributed by atoms with Crippen molar-refractivity contribution in [3.05, 3.63) is 40.5 Å². The molecule has 3 aromatic heterocycles. The number of hydrogen-bond acceptors (Lipinski definition) is 10. The fourth-order valence-corrected chi connectivity index (χ4v) is 13.4. The number of unbranched alkanes of at least 4 members (excludes halogenated alkanes) is 40. The minimum atomic E-state index is 0. The molecular weight excluding hydrogens is 1280 g/mol. The zero-order valence-corrected chi connectivity index (χ0v) is 66.0. The Morgan fingerprint density at radius 3 is 0.939 bits per heavy atom. The Labute approximate surface area is 616 Å². The minimum Gasteiger partial charge on any atom is -0.489 e. The van der Waals surface area contributed by atoms with Crippen molar-refractivity contribution in [2.45, 2.75) is 377 Å². The van der Waals surface area contributed by atoms with Crippen molar-refractivity contribution in [3.63, 3.8) is 0 Å². The third-order valence-corrected chi connectivity index (χ3v) is 19.5. The van der Waals surface area contributed by atoms with E-state index >= 15 is 0 Å². The zero-order chi connectivity index (χ0) is 69.7. The number of aromatic nitrogens is 4. The van der Waals surface area contributed by atoms with E-state index in [2.05, 4.69) is 96.3 Å². The maximum Gasteiger partial charge on any atom is 0.194 e. The number of H-pyrrole nitrogens is 1. The molecule has 0 fully saturated rings. The summed E-state index contributed by atoms with van der Waals surface area (Å²) in [5, 5.41) is 0. The topological polar surface area (TPSA) is 120 Å². The van der Waals surface area contributed by atoms with Gasteiger partial charge in [-0.3, -0.25) is 0 Å². The van der Waals surface area contributed by atoms with Gasteiger partial charge in [0.15, 0.2) is 51.5 Å². The molecule has 8 bridgehead atoms. The molecule has 5 heterocycles. The molecule has 0 aliphatic carbocycles. The van der Waals surface area contributed by atoms with E-state index in [-0.39, 0.29) is 17.1 Å². The number of nitrogens with one attached hydrogen (secondary N) is 1. The first-order valence-electron chi connectivity index (χ1n) is 41.8. The Balaban J connectivity index is 0.0000208. The number of ether oxygens (including phenoxy) is 7. The molecule has 13 heteroatoms. The van der Waals surface area contributed by atoms with E-state index in [1.165, 1.54) is 199 Å². The maximum absolute atomic E-state index is 7.56. The summed E-state index contributed by atoms with van der Waals surface area (Å²) in [5.41, 5.74) is 6.79. The smallest absolute Gasteiger partial charge is 0.194 e. The fraction of sp³-hybridized carbons (Fsp3) is 0.767. The first-order valence-corrected chi connectivity index (χ1v) is 41.8. The van der Waals surface area contributed by atoms with Crippen molar-refractivity contribution in [2.75, 3.05) is 52.9 Å². The van der Waals surface area contributed by atoms with Crippen LogP contribution in [0.4, 0.5) is 0 Å². The number of hydrogen-bond donors (Lipinski definition) is 1. The van der Waals surface area contributed by atoms with Crippen molar-refractivity contribution in [1.82, 2.24) is 19.7 Å². The molecule has 12 nitrogen and oxygen atoms in total. The number of aromatic amines is 1. The third-order valence-electron chi connectivity index (χ3n) is 19.5. The van der Waals surface area contributed by atoms with Crippen molar-refractivity contribution in [2.24, 2.45) is 0 Å². The predicted molar refractivity (Wildman–Crippen MR) is 418 cm³/mol. The van der Waals surface area contributed by atoms with E-state index in [0.717, 1.165) is 137 Å². The van der Waals surface area contributed by atoms with Crippen LogP contribution in [0.2, 0.25) is 0 Å². The summed E-state index contributed by atoms with van der Waals surface area (Å²) >= 11 is 0. The summed E-state index contributed by atoms with van der Waals surface area (Å²) in [7, 11) is 0. The Morgan fingerprint density at radius 2 is 0.566 bits per heavy atom. The van der Waals surface area contributed by atoms with Gasteiger partial charge in [-0.2, -0.15) is 4.73 Å². The molecule has 1 radical (unpaired) electrons. The van der Waals surface area contributed by atoms with Crippen LogP contribution in [-0.2, 0) is 33.0 Å². The van der Waals surface area contributed by atoms with Crippen LogP contribution in [0.5, 0.6) is 28.7 Å². The van der Waals surface area contributed by atoms with Crippen LogP contribution in [-0.4, -0.2) is 72.5 Å². The number of fused-ring (bicyclic) bond motifs is 8. The summed E-state index contributed by atoms with van der Waals surface area (Å²) in [6, 6.07) is 4.28. The van der Waals surface area contributed by atoms with Gasteiger partial charge in [0.25, 0.3) is 0 Å². The van der Waals surface area contributed by atoms with Gasteiger partial charge < -0.3 is 43.0 Å². The van der Waals surface area contributed by atoms with E-state index < -0.39 is 0 Å². The van der Waals surface area contributed by atoms with E-state index in [9.17, 15) is 0 Å². The molecule has 1 N–H and O–H groups in total. The zero-order valence-electron chi connectivity index (χ0n) is 65.0. The Bertz CT molecular complexity index is 2770. The van der Waals surface area contributed by atoms with Gasteiger partial charge in [-0.05, 0) is 88.5 Å². The molecule has 0 saturated carbocycles. The van der Waals surface area contributed by atoms with E-state index in [0.29, 0.717) is 122 Å². The van der Waals surface area contributed by atoms with Gasteiger partial charge >= 0.3 is 0 Å². The number of nitrogens with zero attached hydrogens (tertiary/aromatic N) is 3. The van der Waals surface area contributed by atoms with Crippen LogP contribution in [0.15, 0.2) is 12.1 Å². The van der Waals surface area contributed by atoms with Crippen LogP contribution < -0.4 is 28.5 Å². The first-order chi connectivity index (χ1) is 48.5. The second kappa shape index (κ2) is 57.0. The van der Waals surface area contributed by atoms with Gasteiger partial charge in [0, 0.05) is 22.6 Å². The molecule has 0 atom stereocenters. The summed E-state index contributed by atoms with van der Waals surface area (Å²) in [6.45, 7) is 24.7. The molecule has 0 spiro atoms. The summed E-state index contributed by atoms with van der Waals surface area (Å²) < 4.78 is 53.7. The standard InChI is InChI=1S/C86H146N4O8.Cu/c1-10-19-27-35-43-51-63-91-80-72-59-61-74(87-72)81(92-64-52-44-36-28-20-11-2)77-84(95-67-55-47-39-31-23-14-5)83(94-66-54-46-38-30-22-13-4)76(89-77)71(18-9)78-85(96-68-56-48-40-32-24-15-6)86(97-69-57-49-41-33-25-16-7)79(90(78)98-70-58-50-42-34-26-17-8)82(75-62-60-73(80)88-75)93-65-53-45-37-29-21-12-3;/h59-62,87H,10-58,63-70H2,1-9H3;. The summed E-state index contributed by atoms with van der Waals surface area (Å²) in [6.07, 6.45) is 59.6. The first kappa shape index (κ1) is 86.9. The number of rotatable bonds is 65. The largest absolute Gasteiger partial charge is 0.489 e. The molecule has 0 unspecified atom stereocenters. The Morgan fingerprint density at radius 1 is 0.283 bits per heavy atom. The summed E-state index contributed by atoms with van der Waals surface area (Å²) in [5.74, 6) is 4.51. The maximum atomic E-state index is 7.56. The minimum absolute atomic E-state index is 0. The molecule has 0 saturated heterocycles.